The molecule has 4 saturated carbocycles. The number of primary sulfonamides is 1. The number of aliphatic hydroxyl groups excluding tert-OH is 2. The molecule has 3 unspecified atom stereocenters. The first-order valence-electron chi connectivity index (χ1n) is 12.8. The van der Waals surface area contributed by atoms with Gasteiger partial charge in [-0.25, -0.2) is 13.6 Å². The number of fused-ring (bicyclic) bond motifs is 5. The summed E-state index contributed by atoms with van der Waals surface area (Å²) in [6.45, 7) is 9.33. The van der Waals surface area contributed by atoms with Gasteiger partial charge < -0.3 is 10.2 Å². The Morgan fingerprint density at radius 3 is 2.29 bits per heavy atom. The second-order valence-electron chi connectivity index (χ2n) is 12.3. The van der Waals surface area contributed by atoms with E-state index in [-0.39, 0.29) is 34.7 Å². The molecule has 0 bridgehead atoms. The van der Waals surface area contributed by atoms with Gasteiger partial charge >= 0.3 is 0 Å². The van der Waals surface area contributed by atoms with E-state index < -0.39 is 10.0 Å². The van der Waals surface area contributed by atoms with Crippen molar-refractivity contribution in [2.75, 3.05) is 5.75 Å². The van der Waals surface area contributed by atoms with Crippen LogP contribution in [0.25, 0.3) is 0 Å². The molecule has 180 valence electrons. The maximum atomic E-state index is 11.7. The Morgan fingerprint density at radius 2 is 1.65 bits per heavy atom. The predicted molar refractivity (Wildman–Crippen MR) is 124 cm³/mol. The Labute approximate surface area is 189 Å². The van der Waals surface area contributed by atoms with Gasteiger partial charge in [-0.15, -0.1) is 0 Å². The smallest absolute Gasteiger partial charge is 0.209 e. The van der Waals surface area contributed by atoms with Crippen molar-refractivity contribution in [3.8, 4) is 0 Å². The highest BCUT2D eigenvalue weighted by atomic mass is 32.2. The molecule has 0 heterocycles. The van der Waals surface area contributed by atoms with Crippen LogP contribution < -0.4 is 5.14 Å². The Kier molecular flexibility index (Phi) is 6.38. The molecule has 5 nitrogen and oxygen atoms in total. The molecule has 4 aliphatic carbocycles. The summed E-state index contributed by atoms with van der Waals surface area (Å²) >= 11 is 0. The molecule has 0 aliphatic heterocycles. The lowest BCUT2D eigenvalue weighted by Gasteiger charge is -2.64. The van der Waals surface area contributed by atoms with Gasteiger partial charge in [-0.05, 0) is 104 Å². The van der Waals surface area contributed by atoms with E-state index in [0.29, 0.717) is 41.9 Å². The molecule has 4 N–H and O–H groups in total. The fourth-order valence-electron chi connectivity index (χ4n) is 9.48. The largest absolute Gasteiger partial charge is 0.393 e. The van der Waals surface area contributed by atoms with E-state index in [1.165, 1.54) is 6.42 Å². The second kappa shape index (κ2) is 8.25. The molecule has 11 atom stereocenters. The van der Waals surface area contributed by atoms with Gasteiger partial charge in [0.05, 0.1) is 18.0 Å². The van der Waals surface area contributed by atoms with Gasteiger partial charge in [-0.2, -0.15) is 0 Å². The van der Waals surface area contributed by atoms with Crippen LogP contribution in [-0.4, -0.2) is 36.6 Å². The molecule has 0 aromatic carbocycles. The molecule has 6 heteroatoms. The maximum Gasteiger partial charge on any atom is 0.209 e. The van der Waals surface area contributed by atoms with E-state index in [1.807, 2.05) is 0 Å². The zero-order chi connectivity index (χ0) is 22.8. The molecule has 4 aliphatic rings. The molecule has 4 rings (SSSR count). The van der Waals surface area contributed by atoms with Crippen molar-refractivity contribution in [2.45, 2.75) is 97.7 Å². The Balaban J connectivity index is 1.61. The zero-order valence-electron chi connectivity index (χ0n) is 20.0. The predicted octanol–water partition coefficient (Wildman–Crippen LogP) is 3.93. The number of hydrogen-bond donors (Lipinski definition) is 3. The summed E-state index contributed by atoms with van der Waals surface area (Å²) < 4.78 is 23.1. The van der Waals surface area contributed by atoms with Crippen LogP contribution in [0.4, 0.5) is 0 Å². The fourth-order valence-corrected chi connectivity index (χ4v) is 10.2. The van der Waals surface area contributed by atoms with Crippen molar-refractivity contribution in [3.05, 3.63) is 0 Å². The van der Waals surface area contributed by atoms with Crippen molar-refractivity contribution >= 4 is 10.0 Å². The first-order valence-corrected chi connectivity index (χ1v) is 14.5. The van der Waals surface area contributed by atoms with Crippen LogP contribution >= 0.6 is 0 Å². The number of hydrogen-bond acceptors (Lipinski definition) is 4. The summed E-state index contributed by atoms with van der Waals surface area (Å²) in [5, 5.41) is 27.4. The van der Waals surface area contributed by atoms with Gasteiger partial charge in [0.1, 0.15) is 0 Å². The van der Waals surface area contributed by atoms with Gasteiger partial charge in [0.2, 0.25) is 10.0 Å². The molecular weight excluding hydrogens is 410 g/mol. The molecule has 0 radical (unpaired) electrons. The maximum absolute atomic E-state index is 11.7. The third-order valence-corrected chi connectivity index (χ3v) is 11.8. The van der Waals surface area contributed by atoms with E-state index in [9.17, 15) is 18.6 Å². The Bertz CT molecular complexity index is 771. The summed E-state index contributed by atoms with van der Waals surface area (Å²) in [7, 11) is -3.42. The van der Waals surface area contributed by atoms with Crippen LogP contribution in [0, 0.1) is 52.3 Å². The monoisotopic (exact) mass is 455 g/mol. The normalized spacial score (nSPS) is 50.9. The Hall–Kier alpha value is -0.170. The molecule has 0 spiro atoms. The highest BCUT2D eigenvalue weighted by Crippen LogP contribution is 2.69. The molecular formula is C25H45NO4S. The van der Waals surface area contributed by atoms with E-state index in [1.54, 1.807) is 0 Å². The van der Waals surface area contributed by atoms with E-state index >= 15 is 0 Å². The lowest BCUT2D eigenvalue weighted by atomic mass is 9.41. The quantitative estimate of drug-likeness (QED) is 0.585. The molecule has 0 aromatic heterocycles. The van der Waals surface area contributed by atoms with Gasteiger partial charge in [-0.1, -0.05) is 34.1 Å². The highest BCUT2D eigenvalue weighted by Gasteiger charge is 2.64. The summed E-state index contributed by atoms with van der Waals surface area (Å²) in [5.74, 6) is 3.01. The second-order valence-corrected chi connectivity index (χ2v) is 14.0. The molecule has 0 saturated heterocycles. The summed E-state index contributed by atoms with van der Waals surface area (Å²) in [6.07, 6.45) is 8.60. The number of aliphatic hydroxyl groups is 2. The first-order chi connectivity index (χ1) is 14.4. The minimum Gasteiger partial charge on any atom is -0.393 e. The molecule has 0 amide bonds. The van der Waals surface area contributed by atoms with E-state index in [4.69, 9.17) is 5.14 Å². The zero-order valence-corrected chi connectivity index (χ0v) is 20.8. The molecule has 31 heavy (non-hydrogen) atoms. The Morgan fingerprint density at radius 1 is 1.00 bits per heavy atom. The third kappa shape index (κ3) is 3.91. The summed E-state index contributed by atoms with van der Waals surface area (Å²) in [6, 6.07) is 0. The van der Waals surface area contributed by atoms with Crippen molar-refractivity contribution < 1.29 is 18.6 Å². The van der Waals surface area contributed by atoms with Crippen molar-refractivity contribution in [2.24, 2.45) is 57.4 Å². The van der Waals surface area contributed by atoms with Crippen LogP contribution in [0.3, 0.4) is 0 Å². The average molecular weight is 456 g/mol. The topological polar surface area (TPSA) is 101 Å². The van der Waals surface area contributed by atoms with Crippen LogP contribution in [0.1, 0.15) is 85.5 Å². The van der Waals surface area contributed by atoms with Crippen molar-refractivity contribution in [1.29, 1.82) is 0 Å². The van der Waals surface area contributed by atoms with Crippen LogP contribution in [0.2, 0.25) is 0 Å². The number of nitrogens with two attached hydrogens (primary N) is 1. The third-order valence-electron chi connectivity index (χ3n) is 11.0. The minimum absolute atomic E-state index is 0.0695. The van der Waals surface area contributed by atoms with Gasteiger partial charge in [0.15, 0.2) is 0 Å². The highest BCUT2D eigenvalue weighted by molar-refractivity contribution is 7.89. The van der Waals surface area contributed by atoms with Crippen LogP contribution in [0.15, 0.2) is 0 Å². The summed E-state index contributed by atoms with van der Waals surface area (Å²) in [4.78, 5) is 0. The average Bonchev–Trinajstić information content (AvgIpc) is 3.04. The van der Waals surface area contributed by atoms with Crippen molar-refractivity contribution in [1.82, 2.24) is 0 Å². The van der Waals surface area contributed by atoms with Crippen LogP contribution in [0.5, 0.6) is 0 Å². The SMILES string of the molecule is CC[C@H]1[C@@H](O)C2C3CC[C@H]([C@H](C)CCS(N)(=O)=O)[C@@]3(C)CCC2[C@@]2(C)CC[C@@H](O)C[C@@H]12. The van der Waals surface area contributed by atoms with Gasteiger partial charge in [0, 0.05) is 0 Å². The standard InChI is InChI=1S/C25H45NO4S/c1-5-17-21-14-16(27)8-11-25(21,4)20-9-12-24(3)18(15(2)10-13-31(26,29)30)6-7-19(24)22(20)23(17)28/h15-23,27-28H,5-14H2,1-4H3,(H2,26,29,30)/t15-,16-,17-,18-,19?,20?,21+,22?,23-,24-,25-/m1/s1. The minimum atomic E-state index is -3.42. The number of sulfonamides is 1. The van der Waals surface area contributed by atoms with Gasteiger partial charge in [-0.3, -0.25) is 0 Å². The molecule has 0 aromatic rings. The lowest BCUT2D eigenvalue weighted by Crippen LogP contribution is -2.62. The number of rotatable bonds is 5. The van der Waals surface area contributed by atoms with Gasteiger partial charge in [0.25, 0.3) is 0 Å². The molecule has 4 fully saturated rings. The lowest BCUT2D eigenvalue weighted by molar-refractivity contribution is -0.203. The first kappa shape index (κ1) is 24.0. The van der Waals surface area contributed by atoms with Crippen LogP contribution in [-0.2, 0) is 10.0 Å². The van der Waals surface area contributed by atoms with E-state index in [2.05, 4.69) is 27.7 Å². The van der Waals surface area contributed by atoms with Crippen molar-refractivity contribution in [3.63, 3.8) is 0 Å². The van der Waals surface area contributed by atoms with E-state index in [0.717, 1.165) is 44.9 Å². The fraction of sp³-hybridized carbons (Fsp3) is 1.00. The summed E-state index contributed by atoms with van der Waals surface area (Å²) in [5.41, 5.74) is 0.401.